The summed E-state index contributed by atoms with van der Waals surface area (Å²) >= 11 is 0. The van der Waals surface area contributed by atoms with Gasteiger partial charge in [0, 0.05) is 18.0 Å². The molecule has 0 bridgehead atoms. The fourth-order valence-corrected chi connectivity index (χ4v) is 2.74. The van der Waals surface area contributed by atoms with Gasteiger partial charge >= 0.3 is 0 Å². The molecule has 3 aromatic heterocycles. The molecular formula is C18H17FN6O. The van der Waals surface area contributed by atoms with Gasteiger partial charge in [-0.2, -0.15) is 10.1 Å². The lowest BCUT2D eigenvalue weighted by Crippen LogP contribution is -2.27. The van der Waals surface area contributed by atoms with E-state index in [-0.39, 0.29) is 11.6 Å². The highest BCUT2D eigenvalue weighted by Gasteiger charge is 2.30. The molecule has 1 unspecified atom stereocenters. The largest absolute Gasteiger partial charge is 0.377 e. The summed E-state index contributed by atoms with van der Waals surface area (Å²) in [6, 6.07) is 11.1. The molecule has 0 amide bonds. The fraction of sp³-hybridized carbons (Fsp3) is 0.167. The van der Waals surface area contributed by atoms with Gasteiger partial charge in [-0.05, 0) is 43.7 Å². The van der Waals surface area contributed by atoms with Crippen molar-refractivity contribution in [3.8, 4) is 0 Å². The van der Waals surface area contributed by atoms with Gasteiger partial charge in [-0.1, -0.05) is 12.1 Å². The minimum atomic E-state index is -1.49. The summed E-state index contributed by atoms with van der Waals surface area (Å²) in [5.41, 5.74) is 0.532. The number of halogens is 1. The first-order valence-electron chi connectivity index (χ1n) is 8.06. The number of aromatic amines is 1. The lowest BCUT2D eigenvalue weighted by Gasteiger charge is -2.23. The molecule has 8 heteroatoms. The van der Waals surface area contributed by atoms with E-state index in [0.29, 0.717) is 23.0 Å². The second-order valence-corrected chi connectivity index (χ2v) is 6.25. The van der Waals surface area contributed by atoms with Crippen LogP contribution < -0.4 is 5.32 Å². The van der Waals surface area contributed by atoms with Crippen molar-refractivity contribution < 1.29 is 9.50 Å². The molecule has 7 nitrogen and oxygen atoms in total. The van der Waals surface area contributed by atoms with E-state index < -0.39 is 5.60 Å². The highest BCUT2D eigenvalue weighted by molar-refractivity contribution is 5.54. The fourth-order valence-electron chi connectivity index (χ4n) is 2.74. The third-order valence-corrected chi connectivity index (χ3v) is 4.18. The average molecular weight is 352 g/mol. The summed E-state index contributed by atoms with van der Waals surface area (Å²) in [7, 11) is 0. The number of rotatable bonds is 4. The van der Waals surface area contributed by atoms with Gasteiger partial charge in [0.15, 0.2) is 11.6 Å². The number of anilines is 2. The Morgan fingerprint density at radius 1 is 1.19 bits per heavy atom. The van der Waals surface area contributed by atoms with Gasteiger partial charge in [0.05, 0.1) is 0 Å². The summed E-state index contributed by atoms with van der Waals surface area (Å²) in [5, 5.41) is 21.2. The second kappa shape index (κ2) is 5.92. The van der Waals surface area contributed by atoms with Gasteiger partial charge in [-0.25, -0.2) is 9.37 Å². The summed E-state index contributed by atoms with van der Waals surface area (Å²) in [6.45, 7) is 3.48. The van der Waals surface area contributed by atoms with E-state index in [1.807, 2.05) is 31.3 Å². The predicted octanol–water partition coefficient (Wildman–Crippen LogP) is 2.90. The number of nitrogens with zero attached hydrogens (tertiary/aromatic N) is 4. The maximum Gasteiger partial charge on any atom is 0.216 e. The molecule has 0 spiro atoms. The summed E-state index contributed by atoms with van der Waals surface area (Å²) < 4.78 is 15.0. The Morgan fingerprint density at radius 2 is 1.96 bits per heavy atom. The molecule has 0 saturated carbocycles. The molecule has 0 aliphatic rings. The highest BCUT2D eigenvalue weighted by Crippen LogP contribution is 2.28. The van der Waals surface area contributed by atoms with Gasteiger partial charge in [-0.15, -0.1) is 0 Å². The van der Waals surface area contributed by atoms with Crippen molar-refractivity contribution in [3.05, 3.63) is 71.6 Å². The number of aliphatic hydroxyl groups is 1. The molecule has 3 N–H and O–H groups in total. The number of aryl methyl sites for hydroxylation is 1. The minimum Gasteiger partial charge on any atom is -0.377 e. The molecular weight excluding hydrogens is 335 g/mol. The van der Waals surface area contributed by atoms with E-state index in [0.717, 1.165) is 5.69 Å². The molecule has 4 aromatic rings. The Labute approximate surface area is 148 Å². The Hall–Kier alpha value is -3.26. The molecule has 3 heterocycles. The number of hydrogen-bond donors (Lipinski definition) is 3. The predicted molar refractivity (Wildman–Crippen MR) is 94.7 cm³/mol. The van der Waals surface area contributed by atoms with Gasteiger partial charge in [-0.3, -0.25) is 9.50 Å². The quantitative estimate of drug-likeness (QED) is 0.525. The molecule has 0 radical (unpaired) electrons. The van der Waals surface area contributed by atoms with Crippen LogP contribution in [0, 0.1) is 12.7 Å². The number of benzene rings is 1. The number of fused-ring (bicyclic) bond motifs is 1. The van der Waals surface area contributed by atoms with Crippen LogP contribution >= 0.6 is 0 Å². The van der Waals surface area contributed by atoms with Crippen LogP contribution in [-0.4, -0.2) is 29.7 Å². The molecule has 0 saturated heterocycles. The van der Waals surface area contributed by atoms with E-state index in [4.69, 9.17) is 0 Å². The Balaban J connectivity index is 1.81. The zero-order chi connectivity index (χ0) is 18.3. The Bertz CT molecular complexity index is 1070. The Morgan fingerprint density at radius 3 is 2.65 bits per heavy atom. The zero-order valence-electron chi connectivity index (χ0n) is 14.2. The van der Waals surface area contributed by atoms with Crippen molar-refractivity contribution in [1.82, 2.24) is 24.6 Å². The van der Waals surface area contributed by atoms with Gasteiger partial charge in [0.2, 0.25) is 5.95 Å². The first-order valence-corrected chi connectivity index (χ1v) is 8.06. The topological polar surface area (TPSA) is 91.1 Å². The molecule has 4 rings (SSSR count). The van der Waals surface area contributed by atoms with Crippen molar-refractivity contribution in [2.24, 2.45) is 0 Å². The van der Waals surface area contributed by atoms with Crippen molar-refractivity contribution in [2.75, 3.05) is 5.32 Å². The van der Waals surface area contributed by atoms with Crippen molar-refractivity contribution in [1.29, 1.82) is 0 Å². The highest BCUT2D eigenvalue weighted by atomic mass is 19.1. The van der Waals surface area contributed by atoms with E-state index >= 15 is 0 Å². The van der Waals surface area contributed by atoms with E-state index in [2.05, 4.69) is 25.5 Å². The molecule has 1 atom stereocenters. The van der Waals surface area contributed by atoms with Gasteiger partial charge < -0.3 is 10.4 Å². The van der Waals surface area contributed by atoms with Crippen LogP contribution in [0.15, 0.2) is 48.7 Å². The molecule has 26 heavy (non-hydrogen) atoms. The van der Waals surface area contributed by atoms with Crippen LogP contribution in [0.25, 0.3) is 5.65 Å². The monoisotopic (exact) mass is 352 g/mol. The summed E-state index contributed by atoms with van der Waals surface area (Å²) in [6.07, 6.45) is 1.81. The average Bonchev–Trinajstić information content (AvgIpc) is 3.24. The van der Waals surface area contributed by atoms with Crippen molar-refractivity contribution in [3.63, 3.8) is 0 Å². The molecule has 0 aliphatic heterocycles. The zero-order valence-corrected chi connectivity index (χ0v) is 14.2. The maximum atomic E-state index is 13.2. The molecule has 0 fully saturated rings. The van der Waals surface area contributed by atoms with E-state index in [9.17, 15) is 9.50 Å². The summed E-state index contributed by atoms with van der Waals surface area (Å²) in [4.78, 5) is 8.94. The first-order chi connectivity index (χ1) is 12.4. The number of H-pyrrole nitrogens is 1. The van der Waals surface area contributed by atoms with Crippen LogP contribution in [0.2, 0.25) is 0 Å². The van der Waals surface area contributed by atoms with Gasteiger partial charge in [0.25, 0.3) is 0 Å². The second-order valence-electron chi connectivity index (χ2n) is 6.25. The SMILES string of the molecule is Cc1cc(Nc2nc(C(C)(O)c3ccc(F)cc3)nc3cccn23)n[nH]1. The number of nitrogens with one attached hydrogen (secondary N) is 2. The molecule has 132 valence electrons. The number of hydrogen-bond acceptors (Lipinski definition) is 5. The van der Waals surface area contributed by atoms with Crippen molar-refractivity contribution >= 4 is 17.4 Å². The van der Waals surface area contributed by atoms with Crippen LogP contribution in [0.5, 0.6) is 0 Å². The van der Waals surface area contributed by atoms with Crippen LogP contribution in [-0.2, 0) is 5.60 Å². The van der Waals surface area contributed by atoms with E-state index in [1.54, 1.807) is 11.3 Å². The first kappa shape index (κ1) is 16.2. The third kappa shape index (κ3) is 2.80. The van der Waals surface area contributed by atoms with Gasteiger partial charge in [0.1, 0.15) is 17.1 Å². The normalized spacial score (nSPS) is 13.7. The van der Waals surface area contributed by atoms with Crippen LogP contribution in [0.3, 0.4) is 0 Å². The maximum absolute atomic E-state index is 13.2. The third-order valence-electron chi connectivity index (χ3n) is 4.18. The lowest BCUT2D eigenvalue weighted by molar-refractivity contribution is 0.0923. The molecule has 0 aliphatic carbocycles. The van der Waals surface area contributed by atoms with Crippen LogP contribution in [0.4, 0.5) is 16.2 Å². The summed E-state index contributed by atoms with van der Waals surface area (Å²) in [5.74, 6) is 0.890. The minimum absolute atomic E-state index is 0.199. The Kier molecular flexibility index (Phi) is 3.69. The number of aromatic nitrogens is 5. The van der Waals surface area contributed by atoms with Crippen molar-refractivity contribution in [2.45, 2.75) is 19.4 Å². The van der Waals surface area contributed by atoms with Crippen LogP contribution in [0.1, 0.15) is 24.0 Å². The standard InChI is InChI=1S/C18H17FN6O/c1-11-10-14(24-23-11)20-17-22-16(21-15-4-3-9-25(15)17)18(2,26)12-5-7-13(19)8-6-12/h3-10,26H,1-2H3,(H2,20,21,22,23,24). The van der Waals surface area contributed by atoms with E-state index in [1.165, 1.54) is 24.3 Å². The lowest BCUT2D eigenvalue weighted by atomic mass is 9.95. The molecule has 1 aromatic carbocycles. The smallest absolute Gasteiger partial charge is 0.216 e.